The second-order valence-electron chi connectivity index (χ2n) is 6.00. The number of nitrogens with zero attached hydrogens (tertiary/aromatic N) is 3. The first-order chi connectivity index (χ1) is 11.2. The van der Waals surface area contributed by atoms with E-state index in [1.165, 1.54) is 5.56 Å². The van der Waals surface area contributed by atoms with E-state index in [9.17, 15) is 5.11 Å². The highest BCUT2D eigenvalue weighted by molar-refractivity contribution is 6.30. The molecular weight excluding hydrogens is 310 g/mol. The predicted molar refractivity (Wildman–Crippen MR) is 92.4 cm³/mol. The molecule has 0 saturated carbocycles. The lowest BCUT2D eigenvalue weighted by atomic mass is 10.1. The topological polar surface area (TPSA) is 39.6 Å². The van der Waals surface area contributed by atoms with Gasteiger partial charge in [0.05, 0.1) is 6.10 Å². The minimum atomic E-state index is -0.486. The van der Waals surface area contributed by atoms with E-state index >= 15 is 0 Å². The number of β-amino-alcohol motifs (C(OH)–C–C–N with tert-alkyl or cyclic N) is 1. The van der Waals surface area contributed by atoms with Crippen LogP contribution >= 0.6 is 11.6 Å². The Kier molecular flexibility index (Phi) is 5.62. The fraction of sp³-hybridized carbons (Fsp3) is 0.389. The fourth-order valence-electron chi connectivity index (χ4n) is 2.94. The molecule has 1 aliphatic rings. The number of piperazine rings is 1. The minimum Gasteiger partial charge on any atom is -0.387 e. The first-order valence-electron chi connectivity index (χ1n) is 7.98. The van der Waals surface area contributed by atoms with E-state index < -0.39 is 6.10 Å². The lowest BCUT2D eigenvalue weighted by Gasteiger charge is -2.35. The van der Waals surface area contributed by atoms with Gasteiger partial charge in [0.25, 0.3) is 0 Å². The van der Waals surface area contributed by atoms with Gasteiger partial charge >= 0.3 is 0 Å². The molecule has 1 fully saturated rings. The van der Waals surface area contributed by atoms with E-state index in [1.807, 2.05) is 36.7 Å². The highest BCUT2D eigenvalue weighted by atomic mass is 35.5. The molecule has 1 aliphatic heterocycles. The van der Waals surface area contributed by atoms with Gasteiger partial charge in [0.1, 0.15) is 0 Å². The molecule has 0 bridgehead atoms. The van der Waals surface area contributed by atoms with Crippen molar-refractivity contribution < 1.29 is 5.11 Å². The Balaban J connectivity index is 1.47. The van der Waals surface area contributed by atoms with Gasteiger partial charge in [-0.2, -0.15) is 0 Å². The van der Waals surface area contributed by atoms with Crippen LogP contribution < -0.4 is 0 Å². The molecule has 1 atom stereocenters. The fourth-order valence-corrected chi connectivity index (χ4v) is 3.14. The van der Waals surface area contributed by atoms with E-state index in [-0.39, 0.29) is 0 Å². The van der Waals surface area contributed by atoms with Crippen LogP contribution in [-0.2, 0) is 6.54 Å². The second kappa shape index (κ2) is 7.88. The summed E-state index contributed by atoms with van der Waals surface area (Å²) in [6.45, 7) is 5.61. The number of hydrogen-bond donors (Lipinski definition) is 1. The normalized spacial score (nSPS) is 18.0. The van der Waals surface area contributed by atoms with Crippen molar-refractivity contribution >= 4 is 11.6 Å². The maximum absolute atomic E-state index is 10.4. The monoisotopic (exact) mass is 331 g/mol. The summed E-state index contributed by atoms with van der Waals surface area (Å²) >= 11 is 5.99. The highest BCUT2D eigenvalue weighted by Gasteiger charge is 2.20. The molecule has 4 nitrogen and oxygen atoms in total. The van der Waals surface area contributed by atoms with Crippen LogP contribution in [0.4, 0.5) is 0 Å². The number of aliphatic hydroxyl groups is 1. The summed E-state index contributed by atoms with van der Waals surface area (Å²) in [5.74, 6) is 0. The summed E-state index contributed by atoms with van der Waals surface area (Å²) in [7, 11) is 0. The largest absolute Gasteiger partial charge is 0.387 e. The molecule has 122 valence electrons. The Labute approximate surface area is 142 Å². The number of aliphatic hydroxyl groups excluding tert-OH is 1. The molecule has 0 spiro atoms. The number of pyridine rings is 1. The predicted octanol–water partition coefficient (Wildman–Crippen LogP) is 2.59. The van der Waals surface area contributed by atoms with Crippen molar-refractivity contribution in [3.8, 4) is 0 Å². The molecular formula is C18H22ClN3O. The van der Waals surface area contributed by atoms with E-state index in [0.717, 1.165) is 38.3 Å². The smallest absolute Gasteiger partial charge is 0.0917 e. The standard InChI is InChI=1S/C18H22ClN3O/c19-17-3-1-2-16(12-17)18(23)14-22-10-8-21(9-11-22)13-15-4-6-20-7-5-15/h1-7,12,18,23H,8-11,13-14H2/t18-/m0/s1. The van der Waals surface area contributed by atoms with Crippen LogP contribution in [0.5, 0.6) is 0 Å². The lowest BCUT2D eigenvalue weighted by molar-refractivity contribution is 0.0701. The zero-order chi connectivity index (χ0) is 16.1. The number of benzene rings is 1. The van der Waals surface area contributed by atoms with Gasteiger partial charge in [-0.25, -0.2) is 0 Å². The van der Waals surface area contributed by atoms with Crippen LogP contribution in [0.25, 0.3) is 0 Å². The zero-order valence-electron chi connectivity index (χ0n) is 13.1. The van der Waals surface area contributed by atoms with Gasteiger partial charge in [-0.15, -0.1) is 0 Å². The third-order valence-electron chi connectivity index (χ3n) is 4.29. The second-order valence-corrected chi connectivity index (χ2v) is 6.44. The van der Waals surface area contributed by atoms with Gasteiger partial charge in [0.2, 0.25) is 0 Å². The molecule has 0 amide bonds. The van der Waals surface area contributed by atoms with Crippen LogP contribution in [0, 0.1) is 0 Å². The number of hydrogen-bond acceptors (Lipinski definition) is 4. The van der Waals surface area contributed by atoms with Crippen LogP contribution in [-0.4, -0.2) is 52.6 Å². The van der Waals surface area contributed by atoms with Gasteiger partial charge in [-0.05, 0) is 35.4 Å². The summed E-state index contributed by atoms with van der Waals surface area (Å²) in [5.41, 5.74) is 2.18. The first-order valence-corrected chi connectivity index (χ1v) is 8.35. The van der Waals surface area contributed by atoms with E-state index in [1.54, 1.807) is 0 Å². The third kappa shape index (κ3) is 4.75. The van der Waals surface area contributed by atoms with Crippen LogP contribution in [0.1, 0.15) is 17.2 Å². The Morgan fingerprint density at radius 2 is 1.74 bits per heavy atom. The van der Waals surface area contributed by atoms with Gasteiger partial charge in [-0.1, -0.05) is 23.7 Å². The van der Waals surface area contributed by atoms with E-state index in [2.05, 4.69) is 26.9 Å². The molecule has 1 saturated heterocycles. The minimum absolute atomic E-state index is 0.486. The van der Waals surface area contributed by atoms with Crippen LogP contribution in [0.3, 0.4) is 0 Å². The van der Waals surface area contributed by atoms with Crippen LogP contribution in [0.15, 0.2) is 48.8 Å². The maximum atomic E-state index is 10.4. The average molecular weight is 332 g/mol. The summed E-state index contributed by atoms with van der Waals surface area (Å²) in [6, 6.07) is 11.6. The summed E-state index contributed by atoms with van der Waals surface area (Å²) in [6.07, 6.45) is 3.19. The molecule has 1 N–H and O–H groups in total. The Bertz CT molecular complexity index is 615. The molecule has 3 rings (SSSR count). The van der Waals surface area contributed by atoms with Crippen molar-refractivity contribution in [2.45, 2.75) is 12.6 Å². The molecule has 0 aliphatic carbocycles. The molecule has 1 aromatic heterocycles. The molecule has 1 aromatic carbocycles. The van der Waals surface area contributed by atoms with Crippen molar-refractivity contribution in [3.05, 3.63) is 64.9 Å². The third-order valence-corrected chi connectivity index (χ3v) is 4.52. The molecule has 2 heterocycles. The SMILES string of the molecule is O[C@@H](CN1CCN(Cc2ccncc2)CC1)c1cccc(Cl)c1. The molecule has 0 unspecified atom stereocenters. The summed E-state index contributed by atoms with van der Waals surface area (Å²) in [5, 5.41) is 11.0. The van der Waals surface area contributed by atoms with Gasteiger partial charge < -0.3 is 5.11 Å². The Morgan fingerprint density at radius 1 is 1.04 bits per heavy atom. The van der Waals surface area contributed by atoms with Crippen molar-refractivity contribution in [1.29, 1.82) is 0 Å². The molecule has 2 aromatic rings. The Hall–Kier alpha value is -1.46. The van der Waals surface area contributed by atoms with Gasteiger partial charge in [-0.3, -0.25) is 14.8 Å². The summed E-state index contributed by atoms with van der Waals surface area (Å²) in [4.78, 5) is 8.81. The van der Waals surface area contributed by atoms with Crippen molar-refractivity contribution in [3.63, 3.8) is 0 Å². The quantitative estimate of drug-likeness (QED) is 0.914. The van der Waals surface area contributed by atoms with E-state index in [0.29, 0.717) is 11.6 Å². The van der Waals surface area contributed by atoms with Crippen LogP contribution in [0.2, 0.25) is 5.02 Å². The maximum Gasteiger partial charge on any atom is 0.0917 e. The van der Waals surface area contributed by atoms with Crippen molar-refractivity contribution in [1.82, 2.24) is 14.8 Å². The number of aromatic nitrogens is 1. The number of rotatable bonds is 5. The average Bonchev–Trinajstić information content (AvgIpc) is 2.57. The van der Waals surface area contributed by atoms with E-state index in [4.69, 9.17) is 11.6 Å². The Morgan fingerprint density at radius 3 is 2.43 bits per heavy atom. The number of halogens is 1. The zero-order valence-corrected chi connectivity index (χ0v) is 13.9. The lowest BCUT2D eigenvalue weighted by Crippen LogP contribution is -2.47. The van der Waals surface area contributed by atoms with Gasteiger partial charge in [0.15, 0.2) is 0 Å². The van der Waals surface area contributed by atoms with Crippen molar-refractivity contribution in [2.75, 3.05) is 32.7 Å². The van der Waals surface area contributed by atoms with Gasteiger partial charge in [0, 0.05) is 56.7 Å². The first kappa shape index (κ1) is 16.4. The molecule has 23 heavy (non-hydrogen) atoms. The van der Waals surface area contributed by atoms with Crippen molar-refractivity contribution in [2.24, 2.45) is 0 Å². The molecule has 5 heteroatoms. The highest BCUT2D eigenvalue weighted by Crippen LogP contribution is 2.19. The summed E-state index contributed by atoms with van der Waals surface area (Å²) < 4.78 is 0. The molecule has 0 radical (unpaired) electrons.